The number of anilines is 2. The van der Waals surface area contributed by atoms with Crippen LogP contribution in [0.4, 0.5) is 11.4 Å². The molecule has 0 spiro atoms. The minimum Gasteiger partial charge on any atom is -0.492 e. The summed E-state index contributed by atoms with van der Waals surface area (Å²) in [7, 11) is 0. The van der Waals surface area contributed by atoms with E-state index >= 15 is 0 Å². The van der Waals surface area contributed by atoms with E-state index in [9.17, 15) is 14.4 Å². The van der Waals surface area contributed by atoms with E-state index in [1.165, 1.54) is 6.21 Å². The Bertz CT molecular complexity index is 1230. The van der Waals surface area contributed by atoms with Gasteiger partial charge in [0.25, 0.3) is 5.91 Å². The quantitative estimate of drug-likeness (QED) is 0.237. The second kappa shape index (κ2) is 12.8. The summed E-state index contributed by atoms with van der Waals surface area (Å²) in [6, 6.07) is 20.4. The third-order valence-electron chi connectivity index (χ3n) is 4.40. The number of nitrogens with zero attached hydrogens (tertiary/aromatic N) is 1. The van der Waals surface area contributed by atoms with E-state index < -0.39 is 11.8 Å². The van der Waals surface area contributed by atoms with Crippen molar-refractivity contribution < 1.29 is 23.9 Å². The van der Waals surface area contributed by atoms with E-state index in [4.69, 9.17) is 21.1 Å². The molecule has 3 aromatic rings. The number of hydrogen-bond acceptors (Lipinski definition) is 6. The molecule has 3 amide bonds. The molecule has 0 aliphatic rings. The molecule has 0 heterocycles. The van der Waals surface area contributed by atoms with Crippen LogP contribution in [0, 0.1) is 0 Å². The average Bonchev–Trinajstić information content (AvgIpc) is 2.86. The minimum absolute atomic E-state index is 0.230. The van der Waals surface area contributed by atoms with Crippen LogP contribution >= 0.6 is 11.6 Å². The molecular formula is C25H23ClN4O5. The molecule has 9 nitrogen and oxygen atoms in total. The summed E-state index contributed by atoms with van der Waals surface area (Å²) in [5.74, 6) is -1.34. The molecule has 0 atom stereocenters. The van der Waals surface area contributed by atoms with Crippen LogP contribution in [0.2, 0.25) is 5.02 Å². The molecule has 3 rings (SSSR count). The highest BCUT2D eigenvalue weighted by Crippen LogP contribution is 2.23. The number of carbonyl (C=O) groups is 3. The van der Waals surface area contributed by atoms with Crippen molar-refractivity contribution in [1.82, 2.24) is 5.43 Å². The predicted molar refractivity (Wildman–Crippen MR) is 134 cm³/mol. The first-order chi connectivity index (χ1) is 17.0. The molecule has 0 saturated carbocycles. The number of benzene rings is 3. The number of ether oxygens (including phenoxy) is 2. The smallest absolute Gasteiger partial charge is 0.329 e. The van der Waals surface area contributed by atoms with E-state index in [1.54, 1.807) is 72.8 Å². The molecular weight excluding hydrogens is 472 g/mol. The average molecular weight is 495 g/mol. The summed E-state index contributed by atoms with van der Waals surface area (Å²) in [4.78, 5) is 36.3. The van der Waals surface area contributed by atoms with Gasteiger partial charge in [-0.2, -0.15) is 5.10 Å². The Labute approximate surface area is 207 Å². The third-order valence-corrected chi connectivity index (χ3v) is 4.73. The normalized spacial score (nSPS) is 10.5. The summed E-state index contributed by atoms with van der Waals surface area (Å²) in [5.41, 5.74) is 3.61. The minimum atomic E-state index is -0.948. The van der Waals surface area contributed by atoms with Gasteiger partial charge in [0, 0.05) is 0 Å². The Kier molecular flexibility index (Phi) is 9.21. The Morgan fingerprint density at radius 3 is 2.40 bits per heavy atom. The van der Waals surface area contributed by atoms with Gasteiger partial charge in [-0.15, -0.1) is 0 Å². The molecule has 35 heavy (non-hydrogen) atoms. The first-order valence-corrected chi connectivity index (χ1v) is 11.0. The summed E-state index contributed by atoms with van der Waals surface area (Å²) in [6.07, 6.45) is 1.34. The second-order valence-electron chi connectivity index (χ2n) is 6.97. The fourth-order valence-corrected chi connectivity index (χ4v) is 3.01. The largest absolute Gasteiger partial charge is 0.492 e. The van der Waals surface area contributed by atoms with Crippen molar-refractivity contribution in [2.45, 2.75) is 6.92 Å². The lowest BCUT2D eigenvalue weighted by Crippen LogP contribution is -2.32. The molecule has 0 radical (unpaired) electrons. The van der Waals surface area contributed by atoms with Gasteiger partial charge < -0.3 is 20.1 Å². The van der Waals surface area contributed by atoms with Crippen LogP contribution in [0.3, 0.4) is 0 Å². The molecule has 0 aliphatic heterocycles. The van der Waals surface area contributed by atoms with Gasteiger partial charge in [0.05, 0.1) is 29.2 Å². The molecule has 10 heteroatoms. The lowest BCUT2D eigenvalue weighted by atomic mass is 10.2. The fraction of sp³-hybridized carbons (Fsp3) is 0.120. The standard InChI is InChI=1S/C25H23ClN4O5/c1-2-34-22-13-6-5-12-21(22)29-24(32)25(33)30-27-15-17-8-7-9-18(14-17)35-16-23(31)28-20-11-4-3-10-19(20)26/h3-15H,2,16H2,1H3,(H,28,31)(H,29,32)(H,30,33)/b27-15-. The van der Waals surface area contributed by atoms with Gasteiger partial charge >= 0.3 is 11.8 Å². The predicted octanol–water partition coefficient (Wildman–Crippen LogP) is 3.85. The Balaban J connectivity index is 1.50. The lowest BCUT2D eigenvalue weighted by Gasteiger charge is -2.10. The van der Waals surface area contributed by atoms with Crippen molar-refractivity contribution in [2.24, 2.45) is 5.10 Å². The monoisotopic (exact) mass is 494 g/mol. The van der Waals surface area contributed by atoms with Crippen LogP contribution < -0.4 is 25.5 Å². The number of hydrazone groups is 1. The summed E-state index contributed by atoms with van der Waals surface area (Å²) < 4.78 is 10.9. The second-order valence-corrected chi connectivity index (χ2v) is 7.38. The van der Waals surface area contributed by atoms with Gasteiger partial charge in [-0.3, -0.25) is 14.4 Å². The SMILES string of the molecule is CCOc1ccccc1NC(=O)C(=O)N/N=C\c1cccc(OCC(=O)Nc2ccccc2Cl)c1. The van der Waals surface area contributed by atoms with E-state index in [0.717, 1.165) is 0 Å². The van der Waals surface area contributed by atoms with Crippen LogP contribution in [-0.4, -0.2) is 37.1 Å². The first-order valence-electron chi connectivity index (χ1n) is 10.6. The van der Waals surface area contributed by atoms with Crippen molar-refractivity contribution in [2.75, 3.05) is 23.8 Å². The Hall–Kier alpha value is -4.37. The highest BCUT2D eigenvalue weighted by molar-refractivity contribution is 6.39. The van der Waals surface area contributed by atoms with Crippen molar-refractivity contribution >= 4 is 46.9 Å². The molecule has 180 valence electrons. The number of para-hydroxylation sites is 3. The molecule has 0 aliphatic carbocycles. The van der Waals surface area contributed by atoms with Crippen molar-refractivity contribution in [1.29, 1.82) is 0 Å². The topological polar surface area (TPSA) is 118 Å². The number of halogens is 1. The maximum Gasteiger partial charge on any atom is 0.329 e. The van der Waals surface area contributed by atoms with Gasteiger partial charge in [0.2, 0.25) is 0 Å². The van der Waals surface area contributed by atoms with Crippen LogP contribution in [0.5, 0.6) is 11.5 Å². The zero-order chi connectivity index (χ0) is 25.0. The number of nitrogens with one attached hydrogen (secondary N) is 3. The lowest BCUT2D eigenvalue weighted by molar-refractivity contribution is -0.136. The van der Waals surface area contributed by atoms with Crippen LogP contribution in [0.1, 0.15) is 12.5 Å². The Morgan fingerprint density at radius 1 is 0.886 bits per heavy atom. The zero-order valence-electron chi connectivity index (χ0n) is 18.8. The molecule has 0 fully saturated rings. The first kappa shape index (κ1) is 25.3. The Morgan fingerprint density at radius 2 is 1.63 bits per heavy atom. The number of amides is 3. The highest BCUT2D eigenvalue weighted by atomic mass is 35.5. The van der Waals surface area contributed by atoms with Gasteiger partial charge in [0.15, 0.2) is 6.61 Å². The summed E-state index contributed by atoms with van der Waals surface area (Å²) >= 11 is 6.03. The van der Waals surface area contributed by atoms with E-state index in [1.807, 2.05) is 6.92 Å². The summed E-state index contributed by atoms with van der Waals surface area (Å²) in [6.45, 7) is 2.00. The molecule has 3 aromatic carbocycles. The molecule has 3 N–H and O–H groups in total. The van der Waals surface area contributed by atoms with Gasteiger partial charge in [-0.25, -0.2) is 5.43 Å². The van der Waals surface area contributed by atoms with Gasteiger partial charge in [0.1, 0.15) is 11.5 Å². The highest BCUT2D eigenvalue weighted by Gasteiger charge is 2.15. The van der Waals surface area contributed by atoms with E-state index in [2.05, 4.69) is 21.2 Å². The van der Waals surface area contributed by atoms with Crippen molar-refractivity contribution in [3.8, 4) is 11.5 Å². The summed E-state index contributed by atoms with van der Waals surface area (Å²) in [5, 5.41) is 9.37. The maximum atomic E-state index is 12.1. The molecule has 0 bridgehead atoms. The number of rotatable bonds is 9. The van der Waals surface area contributed by atoms with Crippen LogP contribution in [-0.2, 0) is 14.4 Å². The van der Waals surface area contributed by atoms with Gasteiger partial charge in [-0.05, 0) is 48.9 Å². The number of hydrogen-bond donors (Lipinski definition) is 3. The van der Waals surface area contributed by atoms with E-state index in [0.29, 0.717) is 40.1 Å². The molecule has 0 unspecified atom stereocenters. The third kappa shape index (κ3) is 7.86. The zero-order valence-corrected chi connectivity index (χ0v) is 19.5. The van der Waals surface area contributed by atoms with Crippen LogP contribution in [0.25, 0.3) is 0 Å². The van der Waals surface area contributed by atoms with Crippen molar-refractivity contribution in [3.05, 3.63) is 83.4 Å². The molecule has 0 aromatic heterocycles. The van der Waals surface area contributed by atoms with Gasteiger partial charge in [-0.1, -0.05) is 48.0 Å². The number of carbonyl (C=O) groups excluding carboxylic acids is 3. The fourth-order valence-electron chi connectivity index (χ4n) is 2.83. The van der Waals surface area contributed by atoms with Crippen LogP contribution in [0.15, 0.2) is 77.9 Å². The molecule has 0 saturated heterocycles. The van der Waals surface area contributed by atoms with Crippen molar-refractivity contribution in [3.63, 3.8) is 0 Å². The maximum absolute atomic E-state index is 12.1. The van der Waals surface area contributed by atoms with E-state index in [-0.39, 0.29) is 12.5 Å².